The number of aliphatic hydroxyl groups excluding tert-OH is 4. The maximum Gasteiger partial charge on any atom is 0.225 e. The van der Waals surface area contributed by atoms with Crippen molar-refractivity contribution < 1.29 is 34.3 Å². The minimum absolute atomic E-state index is 0.186. The van der Waals surface area contributed by atoms with Crippen LogP contribution in [0.25, 0.3) is 0 Å². The molecule has 1 spiro atoms. The first-order valence-corrected chi connectivity index (χ1v) is 9.71. The summed E-state index contributed by atoms with van der Waals surface area (Å²) in [7, 11) is 0. The lowest BCUT2D eigenvalue weighted by Crippen LogP contribution is -2.63. The van der Waals surface area contributed by atoms with E-state index in [1.807, 2.05) is 42.5 Å². The molecule has 0 saturated carbocycles. The molecule has 156 valence electrons. The first-order chi connectivity index (χ1) is 14.0. The molecule has 5 atom stereocenters. The average molecular weight is 404 g/mol. The summed E-state index contributed by atoms with van der Waals surface area (Å²) in [5.74, 6) is -1.64. The van der Waals surface area contributed by atoms with Gasteiger partial charge in [-0.25, -0.2) is 0 Å². The van der Waals surface area contributed by atoms with E-state index in [0.29, 0.717) is 18.4 Å². The smallest absolute Gasteiger partial charge is 0.225 e. The summed E-state index contributed by atoms with van der Waals surface area (Å²) < 4.78 is 24.0. The van der Waals surface area contributed by atoms with Crippen molar-refractivity contribution in [3.63, 3.8) is 0 Å². The largest absolute Gasteiger partial charge is 0.394 e. The minimum atomic E-state index is -1.64. The van der Waals surface area contributed by atoms with E-state index in [1.165, 1.54) is 0 Å². The highest BCUT2D eigenvalue weighted by Gasteiger charge is 2.58. The van der Waals surface area contributed by atoms with E-state index < -0.39 is 36.8 Å². The molecule has 4 rings (SSSR count). The van der Waals surface area contributed by atoms with E-state index in [-0.39, 0.29) is 13.3 Å². The lowest BCUT2D eigenvalue weighted by Gasteiger charge is -2.46. The Bertz CT molecular complexity index is 855. The third-order valence-corrected chi connectivity index (χ3v) is 5.76. The quantitative estimate of drug-likeness (QED) is 0.592. The molecule has 0 amide bonds. The SMILES string of the molecule is OC[C@H]1O[C@]2(OCc3ccc(Cc4ccc(CCF)cc4)cc32)[C@H](O)[C@@H](O)[C@@H]1O. The molecule has 1 saturated heterocycles. The second-order valence-corrected chi connectivity index (χ2v) is 7.64. The molecule has 2 aromatic rings. The van der Waals surface area contributed by atoms with Crippen molar-refractivity contribution in [2.45, 2.75) is 49.7 Å². The van der Waals surface area contributed by atoms with Gasteiger partial charge in [0.1, 0.15) is 24.4 Å². The monoisotopic (exact) mass is 404 g/mol. The number of alkyl halides is 1. The van der Waals surface area contributed by atoms with Crippen LogP contribution < -0.4 is 0 Å². The fourth-order valence-electron chi connectivity index (χ4n) is 4.10. The van der Waals surface area contributed by atoms with Crippen LogP contribution in [0.3, 0.4) is 0 Å². The van der Waals surface area contributed by atoms with Gasteiger partial charge in [0.2, 0.25) is 5.79 Å². The van der Waals surface area contributed by atoms with Gasteiger partial charge >= 0.3 is 0 Å². The second-order valence-electron chi connectivity index (χ2n) is 7.64. The van der Waals surface area contributed by atoms with Crippen LogP contribution in [0.5, 0.6) is 0 Å². The van der Waals surface area contributed by atoms with Crippen molar-refractivity contribution in [3.05, 3.63) is 70.3 Å². The fourth-order valence-corrected chi connectivity index (χ4v) is 4.10. The third-order valence-electron chi connectivity index (χ3n) is 5.76. The van der Waals surface area contributed by atoms with Crippen molar-refractivity contribution in [1.29, 1.82) is 0 Å². The third kappa shape index (κ3) is 3.59. The zero-order valence-electron chi connectivity index (χ0n) is 15.9. The lowest BCUT2D eigenvalue weighted by molar-refractivity contribution is -0.368. The number of ether oxygens (including phenoxy) is 2. The van der Waals surface area contributed by atoms with E-state index in [0.717, 1.165) is 22.3 Å². The molecule has 0 aliphatic carbocycles. The van der Waals surface area contributed by atoms with Gasteiger partial charge in [-0.2, -0.15) is 0 Å². The fraction of sp³-hybridized carbons (Fsp3) is 0.455. The second kappa shape index (κ2) is 8.10. The molecule has 2 aliphatic heterocycles. The number of halogens is 1. The van der Waals surface area contributed by atoms with Gasteiger partial charge in [0.15, 0.2) is 0 Å². The van der Waals surface area contributed by atoms with Gasteiger partial charge in [0.05, 0.1) is 19.9 Å². The molecule has 6 nitrogen and oxygen atoms in total. The summed E-state index contributed by atoms with van der Waals surface area (Å²) in [6.07, 6.45) is -4.50. The maximum atomic E-state index is 12.5. The molecule has 0 radical (unpaired) electrons. The van der Waals surface area contributed by atoms with Crippen LogP contribution in [-0.4, -0.2) is 58.1 Å². The topological polar surface area (TPSA) is 99.4 Å². The van der Waals surface area contributed by atoms with Crippen LogP contribution in [0.1, 0.15) is 27.8 Å². The number of aliphatic hydroxyl groups is 4. The van der Waals surface area contributed by atoms with Gasteiger partial charge in [-0.15, -0.1) is 0 Å². The first kappa shape index (κ1) is 20.4. The van der Waals surface area contributed by atoms with Crippen molar-refractivity contribution in [3.8, 4) is 0 Å². The summed E-state index contributed by atoms with van der Waals surface area (Å²) in [4.78, 5) is 0. The number of fused-ring (bicyclic) bond motifs is 2. The lowest BCUT2D eigenvalue weighted by atomic mass is 9.86. The highest BCUT2D eigenvalue weighted by Crippen LogP contribution is 2.46. The molecule has 2 aromatic carbocycles. The van der Waals surface area contributed by atoms with Crippen LogP contribution in [0, 0.1) is 0 Å². The van der Waals surface area contributed by atoms with Gasteiger partial charge in [0, 0.05) is 12.0 Å². The summed E-state index contributed by atoms with van der Waals surface area (Å²) in [6.45, 7) is -0.716. The van der Waals surface area contributed by atoms with Gasteiger partial charge in [-0.1, -0.05) is 36.4 Å². The predicted octanol–water partition coefficient (Wildman–Crippen LogP) is 0.946. The van der Waals surface area contributed by atoms with E-state index >= 15 is 0 Å². The number of aryl methyl sites for hydroxylation is 1. The number of benzene rings is 2. The van der Waals surface area contributed by atoms with Crippen LogP contribution >= 0.6 is 0 Å². The number of rotatable bonds is 5. The summed E-state index contributed by atoms with van der Waals surface area (Å²) in [5, 5.41) is 40.5. The van der Waals surface area contributed by atoms with Crippen LogP contribution in [0.4, 0.5) is 4.39 Å². The standard InChI is InChI=1S/C22H25FO6/c23-8-7-13-1-3-14(4-2-13)9-15-5-6-16-12-28-22(17(16)10-15)21(27)20(26)19(25)18(11-24)29-22/h1-6,10,18-21,24-27H,7-9,11-12H2/t18-,19-,20+,21-,22+/m1/s1. The zero-order chi connectivity index (χ0) is 20.6. The highest BCUT2D eigenvalue weighted by atomic mass is 19.1. The van der Waals surface area contributed by atoms with E-state index in [1.54, 1.807) is 0 Å². The Morgan fingerprint density at radius 1 is 0.966 bits per heavy atom. The summed E-state index contributed by atoms with van der Waals surface area (Å²) in [5.41, 5.74) is 4.34. The molecule has 0 bridgehead atoms. The van der Waals surface area contributed by atoms with E-state index in [4.69, 9.17) is 9.47 Å². The summed E-state index contributed by atoms with van der Waals surface area (Å²) >= 11 is 0. The highest BCUT2D eigenvalue weighted by molar-refractivity contribution is 5.41. The van der Waals surface area contributed by atoms with Gasteiger partial charge < -0.3 is 29.9 Å². The Labute approximate surface area is 168 Å². The Balaban J connectivity index is 1.62. The minimum Gasteiger partial charge on any atom is -0.394 e. The van der Waals surface area contributed by atoms with Crippen LogP contribution in [0.2, 0.25) is 0 Å². The van der Waals surface area contributed by atoms with E-state index in [9.17, 15) is 24.8 Å². The Morgan fingerprint density at radius 3 is 2.34 bits per heavy atom. The molecule has 7 heteroatoms. The van der Waals surface area contributed by atoms with Crippen molar-refractivity contribution in [2.24, 2.45) is 0 Å². The van der Waals surface area contributed by atoms with Gasteiger partial charge in [0.25, 0.3) is 0 Å². The Hall–Kier alpha value is -1.87. The van der Waals surface area contributed by atoms with Crippen LogP contribution in [0.15, 0.2) is 42.5 Å². The number of hydrogen-bond acceptors (Lipinski definition) is 6. The molecule has 0 aromatic heterocycles. The molecule has 29 heavy (non-hydrogen) atoms. The van der Waals surface area contributed by atoms with E-state index in [2.05, 4.69) is 0 Å². The van der Waals surface area contributed by atoms with Crippen molar-refractivity contribution >= 4 is 0 Å². The molecule has 4 N–H and O–H groups in total. The molecule has 0 unspecified atom stereocenters. The normalized spacial score (nSPS) is 31.2. The molecular weight excluding hydrogens is 379 g/mol. The molecule has 2 aliphatic rings. The zero-order valence-corrected chi connectivity index (χ0v) is 15.9. The maximum absolute atomic E-state index is 12.5. The van der Waals surface area contributed by atoms with Crippen LogP contribution in [-0.2, 0) is 34.7 Å². The van der Waals surface area contributed by atoms with Crippen molar-refractivity contribution in [2.75, 3.05) is 13.3 Å². The van der Waals surface area contributed by atoms with Crippen molar-refractivity contribution in [1.82, 2.24) is 0 Å². The summed E-state index contributed by atoms with van der Waals surface area (Å²) in [6, 6.07) is 13.4. The number of hydrogen-bond donors (Lipinski definition) is 4. The predicted molar refractivity (Wildman–Crippen MR) is 102 cm³/mol. The Kier molecular flexibility index (Phi) is 5.70. The first-order valence-electron chi connectivity index (χ1n) is 9.71. The Morgan fingerprint density at radius 2 is 1.66 bits per heavy atom. The van der Waals surface area contributed by atoms with Gasteiger partial charge in [-0.3, -0.25) is 4.39 Å². The molecule has 2 heterocycles. The van der Waals surface area contributed by atoms with Gasteiger partial charge in [-0.05, 0) is 34.7 Å². The average Bonchev–Trinajstić information content (AvgIpc) is 3.09. The molecule has 1 fully saturated rings. The molecular formula is C22H25FO6.